The van der Waals surface area contributed by atoms with E-state index in [9.17, 15) is 4.39 Å². The quantitative estimate of drug-likeness (QED) is 0.488. The van der Waals surface area contributed by atoms with Crippen molar-refractivity contribution in [1.82, 2.24) is 0 Å². The van der Waals surface area contributed by atoms with Gasteiger partial charge in [0.1, 0.15) is 0 Å². The lowest BCUT2D eigenvalue weighted by molar-refractivity contribution is 0.531. The van der Waals surface area contributed by atoms with E-state index in [-0.39, 0.29) is 6.17 Å². The number of hydrogen-bond donors (Lipinski definition) is 0. The van der Waals surface area contributed by atoms with Gasteiger partial charge >= 0.3 is 0 Å². The van der Waals surface area contributed by atoms with E-state index in [0.717, 1.165) is 0 Å². The van der Waals surface area contributed by atoms with Crippen molar-refractivity contribution in [3.05, 3.63) is 6.17 Å². The van der Waals surface area contributed by atoms with Crippen molar-refractivity contribution in [2.45, 2.75) is 6.92 Å². The third-order valence-electron chi connectivity index (χ3n) is 0.184. The summed E-state index contributed by atoms with van der Waals surface area (Å²) in [4.78, 5) is 0. The molecular weight excluding hydrogens is 135 g/mol. The van der Waals surface area contributed by atoms with Crippen molar-refractivity contribution < 1.29 is 4.39 Å². The molecule has 2 heteroatoms. The molecule has 0 nitrogen and oxygen atoms in total. The van der Waals surface area contributed by atoms with Crippen molar-refractivity contribution in [2.24, 2.45) is 0 Å². The Labute approximate surface area is 39.5 Å². The highest BCUT2D eigenvalue weighted by atomic mass is 79.9. The summed E-state index contributed by atoms with van der Waals surface area (Å²) in [6.45, 7) is 1.43. The molecule has 0 aromatic carbocycles. The van der Waals surface area contributed by atoms with Crippen LogP contribution in [0.25, 0.3) is 0 Å². The largest absolute Gasteiger partial charge is 0.240 e. The van der Waals surface area contributed by atoms with Crippen LogP contribution in [0.3, 0.4) is 0 Å². The zero-order valence-corrected chi connectivity index (χ0v) is 4.55. The molecule has 5 heavy (non-hydrogen) atoms. The average Bonchev–Trinajstić information content (AvgIpc) is 1.38. The first-order valence-electron chi connectivity index (χ1n) is 1.31. The van der Waals surface area contributed by atoms with Crippen LogP contribution in [0.15, 0.2) is 0 Å². The lowest BCUT2D eigenvalue weighted by Gasteiger charge is -1.82. The summed E-state index contributed by atoms with van der Waals surface area (Å²) < 4.78 is 11.3. The molecular formula is C3H5BrF. The van der Waals surface area contributed by atoms with Crippen LogP contribution in [0, 0.1) is 6.17 Å². The molecule has 0 fully saturated rings. The Bertz CT molecular complexity index is 20.9. The van der Waals surface area contributed by atoms with Crippen molar-refractivity contribution in [3.63, 3.8) is 0 Å². The Balaban J connectivity index is 2.54. The second kappa shape index (κ2) is 2.64. The van der Waals surface area contributed by atoms with E-state index >= 15 is 0 Å². The standard InChI is InChI=1S/C3H5BrF/c1-3(5)2-4/h2H2,1H3. The molecule has 0 saturated heterocycles. The van der Waals surface area contributed by atoms with Gasteiger partial charge in [0.2, 0.25) is 0 Å². The molecule has 0 aromatic heterocycles. The summed E-state index contributed by atoms with van der Waals surface area (Å²) in [5.41, 5.74) is 0. The van der Waals surface area contributed by atoms with Gasteiger partial charge in [0.05, 0.1) is 0 Å². The van der Waals surface area contributed by atoms with Crippen molar-refractivity contribution in [3.8, 4) is 0 Å². The fourth-order valence-corrected chi connectivity index (χ4v) is 0. The summed E-state index contributed by atoms with van der Waals surface area (Å²) in [5.74, 6) is 0. The summed E-state index contributed by atoms with van der Waals surface area (Å²) in [5, 5.41) is 0.368. The third-order valence-corrected chi connectivity index (χ3v) is 0.957. The summed E-state index contributed by atoms with van der Waals surface area (Å²) >= 11 is 2.90. The average molecular weight is 140 g/mol. The topological polar surface area (TPSA) is 0 Å². The lowest BCUT2D eigenvalue weighted by Crippen LogP contribution is -1.76. The van der Waals surface area contributed by atoms with E-state index in [4.69, 9.17) is 0 Å². The summed E-state index contributed by atoms with van der Waals surface area (Å²) in [6.07, 6.45) is -0.0787. The number of hydrogen-bond acceptors (Lipinski definition) is 0. The van der Waals surface area contributed by atoms with Gasteiger partial charge < -0.3 is 0 Å². The van der Waals surface area contributed by atoms with Gasteiger partial charge in [-0.2, -0.15) is 0 Å². The minimum absolute atomic E-state index is 0.0787. The van der Waals surface area contributed by atoms with E-state index in [2.05, 4.69) is 15.9 Å². The highest BCUT2D eigenvalue weighted by Gasteiger charge is 1.89. The lowest BCUT2D eigenvalue weighted by atomic mass is 10.5. The predicted molar refractivity (Wildman–Crippen MR) is 23.8 cm³/mol. The smallest absolute Gasteiger partial charge is 0.152 e. The molecule has 0 aromatic rings. The Morgan fingerprint density at radius 1 is 2.00 bits per heavy atom. The SMILES string of the molecule is C[C](F)CBr. The van der Waals surface area contributed by atoms with Crippen LogP contribution in [0.5, 0.6) is 0 Å². The van der Waals surface area contributed by atoms with E-state index in [1.807, 2.05) is 0 Å². The minimum Gasteiger partial charge on any atom is -0.240 e. The van der Waals surface area contributed by atoms with Gasteiger partial charge in [-0.05, 0) is 6.92 Å². The summed E-state index contributed by atoms with van der Waals surface area (Å²) in [7, 11) is 0. The van der Waals surface area contributed by atoms with Crippen LogP contribution in [-0.4, -0.2) is 5.33 Å². The van der Waals surface area contributed by atoms with Crippen molar-refractivity contribution >= 4 is 15.9 Å². The minimum atomic E-state index is -0.0787. The number of alkyl halides is 1. The number of rotatable bonds is 1. The monoisotopic (exact) mass is 139 g/mol. The van der Waals surface area contributed by atoms with E-state index in [1.54, 1.807) is 0 Å². The highest BCUT2D eigenvalue weighted by molar-refractivity contribution is 9.09. The third kappa shape index (κ3) is 4.41. The molecule has 31 valence electrons. The Hall–Kier alpha value is 0.410. The molecule has 0 aliphatic heterocycles. The van der Waals surface area contributed by atoms with Crippen LogP contribution >= 0.6 is 15.9 Å². The normalized spacial score (nSPS) is 9.60. The van der Waals surface area contributed by atoms with E-state index in [1.165, 1.54) is 6.92 Å². The van der Waals surface area contributed by atoms with Crippen molar-refractivity contribution in [2.75, 3.05) is 5.33 Å². The molecule has 1 radical (unpaired) electrons. The van der Waals surface area contributed by atoms with E-state index < -0.39 is 0 Å². The summed E-state index contributed by atoms with van der Waals surface area (Å²) in [6, 6.07) is 0. The first kappa shape index (κ1) is 5.41. The fraction of sp³-hybridized carbons (Fsp3) is 0.667. The first-order chi connectivity index (χ1) is 2.27. The zero-order valence-electron chi connectivity index (χ0n) is 2.96. The van der Waals surface area contributed by atoms with Crippen LogP contribution in [0.4, 0.5) is 4.39 Å². The van der Waals surface area contributed by atoms with Gasteiger partial charge in [0.25, 0.3) is 0 Å². The Morgan fingerprint density at radius 2 is 2.20 bits per heavy atom. The molecule has 0 bridgehead atoms. The molecule has 0 unspecified atom stereocenters. The maximum absolute atomic E-state index is 11.3. The van der Waals surface area contributed by atoms with Gasteiger partial charge in [-0.3, -0.25) is 0 Å². The molecule has 0 spiro atoms. The van der Waals surface area contributed by atoms with Gasteiger partial charge in [0.15, 0.2) is 6.17 Å². The predicted octanol–water partition coefficient (Wildman–Crippen LogP) is 1.90. The maximum Gasteiger partial charge on any atom is 0.152 e. The molecule has 0 aliphatic rings. The molecule has 0 rings (SSSR count). The molecule has 0 atom stereocenters. The number of halogens is 2. The first-order valence-corrected chi connectivity index (χ1v) is 2.43. The molecule has 0 heterocycles. The van der Waals surface area contributed by atoms with Crippen LogP contribution < -0.4 is 0 Å². The second-order valence-corrected chi connectivity index (χ2v) is 1.37. The van der Waals surface area contributed by atoms with Crippen molar-refractivity contribution in [1.29, 1.82) is 0 Å². The Morgan fingerprint density at radius 3 is 2.20 bits per heavy atom. The van der Waals surface area contributed by atoms with Gasteiger partial charge in [-0.15, -0.1) is 0 Å². The van der Waals surface area contributed by atoms with Crippen LogP contribution in [0.1, 0.15) is 6.92 Å². The fourth-order valence-electron chi connectivity index (χ4n) is 0. The van der Waals surface area contributed by atoms with Gasteiger partial charge in [-0.25, -0.2) is 4.39 Å². The molecule has 0 aliphatic carbocycles. The van der Waals surface area contributed by atoms with Gasteiger partial charge in [-0.1, -0.05) is 15.9 Å². The highest BCUT2D eigenvalue weighted by Crippen LogP contribution is 2.00. The molecule has 0 saturated carbocycles. The molecule has 0 N–H and O–H groups in total. The second-order valence-electron chi connectivity index (χ2n) is 0.810. The van der Waals surface area contributed by atoms with Crippen LogP contribution in [-0.2, 0) is 0 Å². The van der Waals surface area contributed by atoms with E-state index in [0.29, 0.717) is 5.33 Å². The zero-order chi connectivity index (χ0) is 4.28. The molecule has 0 amide bonds. The maximum atomic E-state index is 11.3. The van der Waals surface area contributed by atoms with Crippen LogP contribution in [0.2, 0.25) is 0 Å². The Kier molecular flexibility index (Phi) is 2.85. The van der Waals surface area contributed by atoms with Gasteiger partial charge in [0, 0.05) is 5.33 Å².